The van der Waals surface area contributed by atoms with Crippen molar-refractivity contribution < 1.29 is 117 Å². The van der Waals surface area contributed by atoms with E-state index in [9.17, 15) is 112 Å². The molecule has 0 unspecified atom stereocenters. The molecule has 0 fully saturated rings. The van der Waals surface area contributed by atoms with Gasteiger partial charge in [-0.15, -0.1) is 0 Å². The summed E-state index contributed by atoms with van der Waals surface area (Å²) < 4.78 is 323. The van der Waals surface area contributed by atoms with Crippen molar-refractivity contribution in [2.75, 3.05) is 0 Å². The predicted molar refractivity (Wildman–Crippen MR) is 70.2 cm³/mol. The zero-order chi connectivity index (χ0) is 33.0. The highest BCUT2D eigenvalue weighted by atomic mass is 32.5. The van der Waals surface area contributed by atoms with Crippen LogP contribution in [0.4, 0.5) is 107 Å². The zero-order valence-corrected chi connectivity index (χ0v) is 17.0. The van der Waals surface area contributed by atoms with Crippen molar-refractivity contribution >= 4 is 16.2 Å². The number of halogens is 25. The largest absolute Gasteiger partial charge is 0.477 e. The minimum atomic E-state index is -13.7. The van der Waals surface area contributed by atoms with Crippen molar-refractivity contribution in [3.05, 3.63) is 0 Å². The molecular weight excluding hydrogens is 671 g/mol. The summed E-state index contributed by atoms with van der Waals surface area (Å²) in [5, 5.41) is -2.34. The van der Waals surface area contributed by atoms with Gasteiger partial charge in [0.1, 0.15) is 0 Å². The fourth-order valence-corrected chi connectivity index (χ4v) is 2.55. The average Bonchev–Trinajstić information content (AvgIpc) is 2.64. The lowest BCUT2D eigenvalue weighted by Crippen LogP contribution is -2.77. The summed E-state index contributed by atoms with van der Waals surface area (Å²) in [6, 6.07) is 0. The Labute approximate surface area is 193 Å². The molecule has 0 saturated heterocycles. The molecule has 0 aromatic heterocycles. The van der Waals surface area contributed by atoms with E-state index in [1.807, 2.05) is 0 Å². The van der Waals surface area contributed by atoms with Crippen molar-refractivity contribution in [3.8, 4) is 0 Å². The first-order chi connectivity index (χ1) is 15.9. The van der Waals surface area contributed by atoms with Crippen LogP contribution in [0.3, 0.4) is 0 Å². The van der Waals surface area contributed by atoms with Crippen LogP contribution >= 0.6 is 10.2 Å². The molecule has 0 amide bonds. The molecule has 0 aliphatic heterocycles. The maximum atomic E-state index is 13.4. The summed E-state index contributed by atoms with van der Waals surface area (Å²) in [6.07, 6.45) is 0. The molecule has 0 aliphatic carbocycles. The smallest absolute Gasteiger partial charge is 0.450 e. The lowest BCUT2D eigenvalue weighted by atomic mass is 9.86. The Morgan fingerprint density at radius 2 is 0.564 bits per heavy atom. The van der Waals surface area contributed by atoms with Gasteiger partial charge in [0, 0.05) is 0 Å². The summed E-state index contributed by atoms with van der Waals surface area (Å²) in [4.78, 5) is 9.85. The Morgan fingerprint density at radius 3 is 0.744 bits per heavy atom. The van der Waals surface area contributed by atoms with Gasteiger partial charge in [-0.2, -0.15) is 87.8 Å². The van der Waals surface area contributed by atoms with E-state index in [1.165, 1.54) is 0 Å². The number of hydrogen-bond donors (Lipinski definition) is 1. The van der Waals surface area contributed by atoms with Gasteiger partial charge in [-0.25, -0.2) is 4.79 Å². The Bertz CT molecular complexity index is 988. The second-order valence-electron chi connectivity index (χ2n) is 6.96. The molecule has 0 aliphatic rings. The van der Waals surface area contributed by atoms with E-state index in [-0.39, 0.29) is 0 Å². The molecule has 0 atom stereocenters. The van der Waals surface area contributed by atoms with Gasteiger partial charge in [-0.1, -0.05) is 19.4 Å². The molecule has 0 saturated carbocycles. The molecule has 0 radical (unpaired) electrons. The van der Waals surface area contributed by atoms with Crippen molar-refractivity contribution in [1.29, 1.82) is 0 Å². The molecule has 0 rings (SSSR count). The van der Waals surface area contributed by atoms with Gasteiger partial charge in [0.05, 0.1) is 0 Å². The van der Waals surface area contributed by atoms with Gasteiger partial charge < -0.3 is 5.11 Å². The number of aliphatic carboxylic acids is 1. The normalized spacial score (nSPS) is 18.5. The van der Waals surface area contributed by atoms with Crippen LogP contribution in [0.2, 0.25) is 0 Å². The molecule has 1 N–H and O–H groups in total. The summed E-state index contributed by atoms with van der Waals surface area (Å²) in [6.45, 7) is 0. The summed E-state index contributed by atoms with van der Waals surface area (Å²) >= 11 is 0. The van der Waals surface area contributed by atoms with E-state index >= 15 is 0 Å². The van der Waals surface area contributed by atoms with Crippen molar-refractivity contribution in [3.63, 3.8) is 0 Å². The quantitative estimate of drug-likeness (QED) is 0.223. The summed E-state index contributed by atoms with van der Waals surface area (Å²) in [5.41, 5.74) is 0. The molecule has 28 heteroatoms. The van der Waals surface area contributed by atoms with Gasteiger partial charge in [0.25, 0.3) is 0 Å². The van der Waals surface area contributed by atoms with Crippen LogP contribution in [-0.2, 0) is 4.79 Å². The fourth-order valence-electron chi connectivity index (χ4n) is 1.94. The molecule has 0 aromatic rings. The Kier molecular flexibility index (Phi) is 7.29. The van der Waals surface area contributed by atoms with Crippen LogP contribution < -0.4 is 0 Å². The van der Waals surface area contributed by atoms with E-state index in [4.69, 9.17) is 5.11 Å². The minimum Gasteiger partial charge on any atom is -0.477 e. The Morgan fingerprint density at radius 1 is 0.385 bits per heavy atom. The lowest BCUT2D eigenvalue weighted by Gasteiger charge is -2.51. The number of carboxylic acid groups (broad SMARTS) is 1. The molecule has 0 spiro atoms. The fraction of sp³-hybridized carbons (Fsp3) is 0.909. The molecule has 2 nitrogen and oxygen atoms in total. The van der Waals surface area contributed by atoms with Gasteiger partial charge in [-0.05, 0) is 0 Å². The van der Waals surface area contributed by atoms with E-state index in [2.05, 4.69) is 0 Å². The third kappa shape index (κ3) is 4.18. The third-order valence-corrected chi connectivity index (χ3v) is 5.50. The Hall–Kier alpha value is -1.93. The molecule has 0 heterocycles. The molecular formula is C11HF25O2S. The summed E-state index contributed by atoms with van der Waals surface area (Å²) in [7, 11) is -13.7. The first kappa shape index (κ1) is 37.1. The van der Waals surface area contributed by atoms with Crippen LogP contribution in [0.5, 0.6) is 0 Å². The number of hydrogen-bond acceptors (Lipinski definition) is 1. The van der Waals surface area contributed by atoms with E-state index < -0.39 is 74.8 Å². The maximum Gasteiger partial charge on any atom is 0.450 e. The topological polar surface area (TPSA) is 37.3 Å². The zero-order valence-electron chi connectivity index (χ0n) is 16.2. The second kappa shape index (κ2) is 7.67. The van der Waals surface area contributed by atoms with Crippen molar-refractivity contribution in [2.45, 2.75) is 58.6 Å². The van der Waals surface area contributed by atoms with Gasteiger partial charge in [0.2, 0.25) is 0 Å². The first-order valence-electron chi connectivity index (χ1n) is 7.68. The maximum absolute atomic E-state index is 13.7. The highest BCUT2D eigenvalue weighted by Crippen LogP contribution is 3.06. The Balaban J connectivity index is 7.43. The molecule has 238 valence electrons. The van der Waals surface area contributed by atoms with E-state index in [0.717, 1.165) is 0 Å². The van der Waals surface area contributed by atoms with Crippen LogP contribution in [0.1, 0.15) is 0 Å². The third-order valence-electron chi connectivity index (χ3n) is 4.27. The standard InChI is InChI=1S/C11HF25O2S/c12-2(13,1(37)38)3(14,15)4(16,17)5(18,19)6(20,21)7(22,23)8(24,25)9(26,27)10(28,29)11(30,31)39(32,33,34,35)36/h(H,37,38). The first-order valence-corrected chi connectivity index (χ1v) is 9.63. The molecule has 39 heavy (non-hydrogen) atoms. The van der Waals surface area contributed by atoms with Crippen molar-refractivity contribution in [1.82, 2.24) is 0 Å². The van der Waals surface area contributed by atoms with Crippen LogP contribution in [0.25, 0.3) is 0 Å². The monoisotopic (exact) mass is 672 g/mol. The highest BCUT2D eigenvalue weighted by molar-refractivity contribution is 8.46. The van der Waals surface area contributed by atoms with Crippen LogP contribution in [-0.4, -0.2) is 69.6 Å². The number of carbonyl (C=O) groups is 1. The van der Waals surface area contributed by atoms with Gasteiger partial charge in [0.15, 0.2) is 0 Å². The van der Waals surface area contributed by atoms with Gasteiger partial charge >= 0.3 is 74.8 Å². The average molecular weight is 672 g/mol. The number of rotatable bonds is 11. The summed E-state index contributed by atoms with van der Waals surface area (Å²) in [5.74, 6) is -88.6. The number of alkyl halides is 20. The molecule has 0 bridgehead atoms. The lowest BCUT2D eigenvalue weighted by molar-refractivity contribution is -0.465. The van der Waals surface area contributed by atoms with Gasteiger partial charge in [-0.3, -0.25) is 0 Å². The SMILES string of the molecule is O=C(O)C(F)(F)C(F)(F)C(F)(F)C(F)(F)C(F)(F)C(F)(F)C(F)(F)C(F)(F)C(F)(F)C(F)(F)S(F)(F)(F)(F)F. The van der Waals surface area contributed by atoms with Crippen molar-refractivity contribution in [2.24, 2.45) is 0 Å². The highest BCUT2D eigenvalue weighted by Gasteiger charge is 3.02. The minimum absolute atomic E-state index is 4.69. The van der Waals surface area contributed by atoms with Crippen LogP contribution in [0, 0.1) is 0 Å². The van der Waals surface area contributed by atoms with E-state index in [1.54, 1.807) is 0 Å². The predicted octanol–water partition coefficient (Wildman–Crippen LogP) is 8.68. The number of carboxylic acids is 1. The van der Waals surface area contributed by atoms with E-state index in [0.29, 0.717) is 0 Å². The molecule has 0 aromatic carbocycles. The van der Waals surface area contributed by atoms with Crippen LogP contribution in [0.15, 0.2) is 0 Å². The second-order valence-corrected chi connectivity index (χ2v) is 9.41.